The van der Waals surface area contributed by atoms with Gasteiger partial charge in [0, 0.05) is 25.7 Å². The van der Waals surface area contributed by atoms with Crippen LogP contribution < -0.4 is 4.74 Å². The zero-order valence-electron chi connectivity index (χ0n) is 14.7. The molecule has 2 rings (SSSR count). The SMILES string of the molecule is COc1ccccc1C(C)N(C)C(=O)C1CCCN(S(C)(=O)=O)C1. The number of nitrogens with zero attached hydrogens (tertiary/aromatic N) is 2. The van der Waals surface area contributed by atoms with Gasteiger partial charge in [-0.25, -0.2) is 12.7 Å². The van der Waals surface area contributed by atoms with Crippen LogP contribution in [0.1, 0.15) is 31.4 Å². The van der Waals surface area contributed by atoms with Crippen LogP contribution in [0.3, 0.4) is 0 Å². The summed E-state index contributed by atoms with van der Waals surface area (Å²) >= 11 is 0. The molecular formula is C17H26N2O4S. The summed E-state index contributed by atoms with van der Waals surface area (Å²) in [6.07, 6.45) is 2.62. The Bertz CT molecular complexity index is 690. The van der Waals surface area contributed by atoms with Gasteiger partial charge in [-0.15, -0.1) is 0 Å². The molecule has 1 saturated heterocycles. The maximum Gasteiger partial charge on any atom is 0.227 e. The topological polar surface area (TPSA) is 66.9 Å². The molecule has 0 aromatic heterocycles. The number of methoxy groups -OCH3 is 1. The summed E-state index contributed by atoms with van der Waals surface area (Å²) in [6, 6.07) is 7.47. The van der Waals surface area contributed by atoms with Gasteiger partial charge in [0.15, 0.2) is 0 Å². The van der Waals surface area contributed by atoms with E-state index in [2.05, 4.69) is 0 Å². The van der Waals surface area contributed by atoms with Gasteiger partial charge in [0.1, 0.15) is 5.75 Å². The second-order valence-corrected chi connectivity index (χ2v) is 8.31. The van der Waals surface area contributed by atoms with Gasteiger partial charge in [-0.05, 0) is 25.8 Å². The fourth-order valence-corrected chi connectivity index (χ4v) is 4.06. The lowest BCUT2D eigenvalue weighted by atomic mass is 9.96. The number of piperidine rings is 1. The van der Waals surface area contributed by atoms with E-state index in [1.54, 1.807) is 19.1 Å². The molecule has 1 amide bonds. The van der Waals surface area contributed by atoms with Gasteiger partial charge < -0.3 is 9.64 Å². The van der Waals surface area contributed by atoms with Crippen molar-refractivity contribution in [3.63, 3.8) is 0 Å². The first kappa shape index (κ1) is 18.7. The first-order valence-corrected chi connectivity index (χ1v) is 9.95. The van der Waals surface area contributed by atoms with Crippen molar-refractivity contribution in [2.24, 2.45) is 5.92 Å². The first-order valence-electron chi connectivity index (χ1n) is 8.10. The zero-order valence-corrected chi connectivity index (χ0v) is 15.5. The Labute approximate surface area is 144 Å². The highest BCUT2D eigenvalue weighted by Gasteiger charge is 2.33. The average Bonchev–Trinajstić information content (AvgIpc) is 2.59. The van der Waals surface area contributed by atoms with Crippen molar-refractivity contribution < 1.29 is 17.9 Å². The fourth-order valence-electron chi connectivity index (χ4n) is 3.14. The van der Waals surface area contributed by atoms with Crippen molar-refractivity contribution in [3.8, 4) is 5.75 Å². The summed E-state index contributed by atoms with van der Waals surface area (Å²) in [5.41, 5.74) is 0.937. The molecule has 0 bridgehead atoms. The van der Waals surface area contributed by atoms with Crippen LogP contribution in [0, 0.1) is 5.92 Å². The van der Waals surface area contributed by atoms with Crippen molar-refractivity contribution in [2.75, 3.05) is 33.5 Å². The van der Waals surface area contributed by atoms with Crippen LogP contribution in [0.25, 0.3) is 0 Å². The molecule has 0 aliphatic carbocycles. The molecule has 24 heavy (non-hydrogen) atoms. The van der Waals surface area contributed by atoms with Crippen LogP contribution in [-0.4, -0.2) is 57.0 Å². The van der Waals surface area contributed by atoms with E-state index in [4.69, 9.17) is 4.74 Å². The molecule has 0 spiro atoms. The molecule has 1 fully saturated rings. The van der Waals surface area contributed by atoms with Crippen LogP contribution in [0.2, 0.25) is 0 Å². The van der Waals surface area contributed by atoms with Crippen molar-refractivity contribution in [1.29, 1.82) is 0 Å². The van der Waals surface area contributed by atoms with E-state index >= 15 is 0 Å². The van der Waals surface area contributed by atoms with Crippen molar-refractivity contribution >= 4 is 15.9 Å². The number of amides is 1. The summed E-state index contributed by atoms with van der Waals surface area (Å²) in [7, 11) is 0.114. The highest BCUT2D eigenvalue weighted by atomic mass is 32.2. The number of hydrogen-bond acceptors (Lipinski definition) is 4. The Morgan fingerprint density at radius 2 is 2.04 bits per heavy atom. The quantitative estimate of drug-likeness (QED) is 0.810. The standard InChI is InChI=1S/C17H26N2O4S/c1-13(15-9-5-6-10-16(15)23-3)18(2)17(20)14-8-7-11-19(12-14)24(4,21)22/h5-6,9-10,13-14H,7-8,11-12H2,1-4H3. The molecule has 2 atom stereocenters. The molecule has 1 aliphatic rings. The molecule has 1 aromatic carbocycles. The maximum atomic E-state index is 12.8. The highest BCUT2D eigenvalue weighted by Crippen LogP contribution is 2.30. The largest absolute Gasteiger partial charge is 0.496 e. The van der Waals surface area contributed by atoms with Crippen LogP contribution in [0.15, 0.2) is 24.3 Å². The number of carbonyl (C=O) groups excluding carboxylic acids is 1. The van der Waals surface area contributed by atoms with E-state index in [0.717, 1.165) is 11.3 Å². The third-order valence-electron chi connectivity index (χ3n) is 4.72. The second-order valence-electron chi connectivity index (χ2n) is 6.33. The Morgan fingerprint density at radius 3 is 2.67 bits per heavy atom. The van der Waals surface area contributed by atoms with Gasteiger partial charge in [-0.1, -0.05) is 18.2 Å². The Kier molecular flexibility index (Phi) is 5.87. The van der Waals surface area contributed by atoms with E-state index in [9.17, 15) is 13.2 Å². The molecule has 1 aliphatic heterocycles. The molecule has 6 nitrogen and oxygen atoms in total. The Hall–Kier alpha value is -1.60. The molecule has 0 saturated carbocycles. The molecule has 0 N–H and O–H groups in total. The number of rotatable bonds is 5. The number of benzene rings is 1. The van der Waals surface area contributed by atoms with E-state index in [1.807, 2.05) is 31.2 Å². The number of ether oxygens (including phenoxy) is 1. The minimum absolute atomic E-state index is 0.0262. The normalized spacial score (nSPS) is 20.4. The Morgan fingerprint density at radius 1 is 1.38 bits per heavy atom. The lowest BCUT2D eigenvalue weighted by Crippen LogP contribution is -2.46. The number of hydrogen-bond donors (Lipinski definition) is 0. The number of carbonyl (C=O) groups is 1. The van der Waals surface area contributed by atoms with Gasteiger partial charge in [0.25, 0.3) is 0 Å². The lowest BCUT2D eigenvalue weighted by Gasteiger charge is -2.34. The molecule has 2 unspecified atom stereocenters. The maximum absolute atomic E-state index is 12.8. The monoisotopic (exact) mass is 354 g/mol. The van der Waals surface area contributed by atoms with Gasteiger partial charge in [-0.2, -0.15) is 0 Å². The number of sulfonamides is 1. The molecule has 1 heterocycles. The van der Waals surface area contributed by atoms with E-state index in [1.165, 1.54) is 10.6 Å². The van der Waals surface area contributed by atoms with Crippen LogP contribution in [0.5, 0.6) is 5.75 Å². The minimum Gasteiger partial charge on any atom is -0.496 e. The summed E-state index contributed by atoms with van der Waals surface area (Å²) in [6.45, 7) is 2.71. The summed E-state index contributed by atoms with van der Waals surface area (Å²) < 4.78 is 30.3. The molecular weight excluding hydrogens is 328 g/mol. The number of para-hydroxylation sites is 1. The second kappa shape index (κ2) is 7.53. The van der Waals surface area contributed by atoms with Crippen molar-refractivity contribution in [1.82, 2.24) is 9.21 Å². The average molecular weight is 354 g/mol. The van der Waals surface area contributed by atoms with E-state index < -0.39 is 10.0 Å². The van der Waals surface area contributed by atoms with E-state index in [0.29, 0.717) is 19.4 Å². The van der Waals surface area contributed by atoms with Crippen LogP contribution in [-0.2, 0) is 14.8 Å². The molecule has 1 aromatic rings. The predicted molar refractivity (Wildman–Crippen MR) is 93.3 cm³/mol. The molecule has 0 radical (unpaired) electrons. The van der Waals surface area contributed by atoms with Gasteiger partial charge >= 0.3 is 0 Å². The predicted octanol–water partition coefficient (Wildman–Crippen LogP) is 1.89. The van der Waals surface area contributed by atoms with Crippen LogP contribution in [0.4, 0.5) is 0 Å². The Balaban J connectivity index is 2.14. The van der Waals surface area contributed by atoms with Crippen LogP contribution >= 0.6 is 0 Å². The highest BCUT2D eigenvalue weighted by molar-refractivity contribution is 7.88. The molecule has 7 heteroatoms. The van der Waals surface area contributed by atoms with Gasteiger partial charge in [-0.3, -0.25) is 4.79 Å². The van der Waals surface area contributed by atoms with Gasteiger partial charge in [0.05, 0.1) is 25.3 Å². The smallest absolute Gasteiger partial charge is 0.227 e. The summed E-state index contributed by atoms with van der Waals surface area (Å²) in [5.74, 6) is 0.420. The third kappa shape index (κ3) is 4.08. The van der Waals surface area contributed by atoms with Gasteiger partial charge in [0.2, 0.25) is 15.9 Å². The fraction of sp³-hybridized carbons (Fsp3) is 0.588. The zero-order chi connectivity index (χ0) is 17.9. The molecule has 134 valence electrons. The lowest BCUT2D eigenvalue weighted by molar-refractivity contribution is -0.137. The van der Waals surface area contributed by atoms with Crippen molar-refractivity contribution in [3.05, 3.63) is 29.8 Å². The summed E-state index contributed by atoms with van der Waals surface area (Å²) in [5, 5.41) is 0. The van der Waals surface area contributed by atoms with Crippen molar-refractivity contribution in [2.45, 2.75) is 25.8 Å². The summed E-state index contributed by atoms with van der Waals surface area (Å²) in [4.78, 5) is 14.5. The third-order valence-corrected chi connectivity index (χ3v) is 5.99. The minimum atomic E-state index is -3.26. The first-order chi connectivity index (χ1) is 11.3. The van der Waals surface area contributed by atoms with E-state index in [-0.39, 0.29) is 24.4 Å².